The molecule has 1 heterocycles. The molecule has 1 aromatic carbocycles. The van der Waals surface area contributed by atoms with E-state index < -0.39 is 0 Å². The minimum absolute atomic E-state index is 0.0351. The number of hydrogen-bond acceptors (Lipinski definition) is 3. The minimum Gasteiger partial charge on any atom is -0.333 e. The molecule has 0 N–H and O–H groups in total. The summed E-state index contributed by atoms with van der Waals surface area (Å²) in [5, 5.41) is 2.02. The Hall–Kier alpha value is -2.21. The molecule has 30 heavy (non-hydrogen) atoms. The first-order valence-corrected chi connectivity index (χ1v) is 11.5. The van der Waals surface area contributed by atoms with Gasteiger partial charge in [0.2, 0.25) is 11.8 Å². The van der Waals surface area contributed by atoms with Crippen LogP contribution in [0.2, 0.25) is 0 Å². The van der Waals surface area contributed by atoms with Gasteiger partial charge in [-0.15, -0.1) is 11.3 Å². The molecule has 0 spiro atoms. The number of hydrogen-bond donors (Lipinski definition) is 0. The SMILES string of the molecule is CCCCC(=O)N(CC(=O)N(Cc1ccc(F)cc1)Cc1sccc1C)CC(C)C. The molecule has 0 fully saturated rings. The van der Waals surface area contributed by atoms with Gasteiger partial charge >= 0.3 is 0 Å². The molecule has 4 nitrogen and oxygen atoms in total. The average molecular weight is 433 g/mol. The van der Waals surface area contributed by atoms with Crippen molar-refractivity contribution in [1.82, 2.24) is 9.80 Å². The highest BCUT2D eigenvalue weighted by Gasteiger charge is 2.23. The molecular weight excluding hydrogens is 399 g/mol. The van der Waals surface area contributed by atoms with Gasteiger partial charge < -0.3 is 9.80 Å². The number of thiophene rings is 1. The molecule has 2 rings (SSSR count). The van der Waals surface area contributed by atoms with Crippen molar-refractivity contribution in [1.29, 1.82) is 0 Å². The van der Waals surface area contributed by atoms with Crippen LogP contribution in [0.25, 0.3) is 0 Å². The van der Waals surface area contributed by atoms with Gasteiger partial charge in [0.05, 0.1) is 13.1 Å². The van der Waals surface area contributed by atoms with Crippen molar-refractivity contribution in [3.63, 3.8) is 0 Å². The third kappa shape index (κ3) is 7.56. The molecule has 2 amide bonds. The number of amides is 2. The van der Waals surface area contributed by atoms with Crippen LogP contribution in [0.1, 0.15) is 56.0 Å². The zero-order valence-corrected chi connectivity index (χ0v) is 19.3. The largest absolute Gasteiger partial charge is 0.333 e. The molecule has 2 aromatic rings. The van der Waals surface area contributed by atoms with Gasteiger partial charge in [-0.1, -0.05) is 39.3 Å². The summed E-state index contributed by atoms with van der Waals surface area (Å²) in [6, 6.07) is 8.27. The van der Waals surface area contributed by atoms with Crippen molar-refractivity contribution >= 4 is 23.2 Å². The van der Waals surface area contributed by atoms with Gasteiger partial charge in [0.25, 0.3) is 0 Å². The smallest absolute Gasteiger partial charge is 0.242 e. The maximum absolute atomic E-state index is 13.3. The van der Waals surface area contributed by atoms with Crippen molar-refractivity contribution in [2.75, 3.05) is 13.1 Å². The van der Waals surface area contributed by atoms with E-state index in [0.29, 0.717) is 26.1 Å². The summed E-state index contributed by atoms with van der Waals surface area (Å²) in [6.07, 6.45) is 2.25. The second kappa shape index (κ2) is 11.8. The van der Waals surface area contributed by atoms with E-state index in [4.69, 9.17) is 0 Å². The Morgan fingerprint density at radius 2 is 1.73 bits per heavy atom. The lowest BCUT2D eigenvalue weighted by Gasteiger charge is -2.29. The Bertz CT molecular complexity index is 817. The Balaban J connectivity index is 2.18. The Labute approximate surface area is 183 Å². The van der Waals surface area contributed by atoms with Crippen LogP contribution in [0, 0.1) is 18.7 Å². The molecular formula is C24H33FN2O2S. The van der Waals surface area contributed by atoms with Crippen LogP contribution >= 0.6 is 11.3 Å². The number of aryl methyl sites for hydroxylation is 1. The molecule has 0 radical (unpaired) electrons. The highest BCUT2D eigenvalue weighted by molar-refractivity contribution is 7.10. The van der Waals surface area contributed by atoms with Crippen molar-refractivity contribution in [2.24, 2.45) is 5.92 Å². The fraction of sp³-hybridized carbons (Fsp3) is 0.500. The van der Waals surface area contributed by atoms with Crippen molar-refractivity contribution in [2.45, 2.75) is 60.0 Å². The zero-order valence-electron chi connectivity index (χ0n) is 18.5. The predicted molar refractivity (Wildman–Crippen MR) is 121 cm³/mol. The van der Waals surface area contributed by atoms with E-state index in [0.717, 1.165) is 28.8 Å². The first-order valence-electron chi connectivity index (χ1n) is 10.6. The number of benzene rings is 1. The second-order valence-corrected chi connectivity index (χ2v) is 9.18. The van der Waals surface area contributed by atoms with E-state index in [2.05, 4.69) is 20.8 Å². The van der Waals surface area contributed by atoms with Gasteiger partial charge in [0.15, 0.2) is 0 Å². The zero-order chi connectivity index (χ0) is 22.1. The summed E-state index contributed by atoms with van der Waals surface area (Å²) in [5.41, 5.74) is 2.02. The molecule has 1 aromatic heterocycles. The molecule has 6 heteroatoms. The lowest BCUT2D eigenvalue weighted by Crippen LogP contribution is -2.43. The summed E-state index contributed by atoms with van der Waals surface area (Å²) >= 11 is 1.62. The highest BCUT2D eigenvalue weighted by atomic mass is 32.1. The maximum atomic E-state index is 13.3. The third-order valence-corrected chi connectivity index (χ3v) is 5.96. The quantitative estimate of drug-likeness (QED) is 0.477. The van der Waals surface area contributed by atoms with Crippen molar-refractivity contribution < 1.29 is 14.0 Å². The summed E-state index contributed by atoms with van der Waals surface area (Å²) in [4.78, 5) is 30.6. The number of unbranched alkanes of at least 4 members (excludes halogenated alkanes) is 1. The second-order valence-electron chi connectivity index (χ2n) is 8.17. The standard InChI is InChI=1S/C24H33FN2O2S/c1-5-6-7-23(28)26(14-18(2)3)17-24(29)27(16-22-19(4)12-13-30-22)15-20-8-10-21(25)11-9-20/h8-13,18H,5-7,14-17H2,1-4H3. The fourth-order valence-electron chi connectivity index (χ4n) is 3.23. The molecule has 0 saturated carbocycles. The molecule has 0 aliphatic heterocycles. The minimum atomic E-state index is -0.296. The van der Waals surface area contributed by atoms with Gasteiger partial charge in [0.1, 0.15) is 5.82 Å². The van der Waals surface area contributed by atoms with Gasteiger partial charge in [-0.3, -0.25) is 9.59 Å². The molecule has 0 aliphatic carbocycles. The van der Waals surface area contributed by atoms with E-state index >= 15 is 0 Å². The lowest BCUT2D eigenvalue weighted by atomic mass is 10.1. The van der Waals surface area contributed by atoms with Gasteiger partial charge in [0, 0.05) is 24.4 Å². The number of nitrogens with zero attached hydrogens (tertiary/aromatic N) is 2. The Kier molecular flexibility index (Phi) is 9.50. The first-order chi connectivity index (χ1) is 14.3. The van der Waals surface area contributed by atoms with Crippen molar-refractivity contribution in [3.05, 3.63) is 57.5 Å². The van der Waals surface area contributed by atoms with Gasteiger partial charge in [-0.05, 0) is 54.0 Å². The van der Waals surface area contributed by atoms with E-state index in [-0.39, 0.29) is 30.1 Å². The Morgan fingerprint density at radius 1 is 1.03 bits per heavy atom. The van der Waals surface area contributed by atoms with E-state index in [1.165, 1.54) is 12.1 Å². The van der Waals surface area contributed by atoms with Crippen LogP contribution < -0.4 is 0 Å². The molecule has 0 unspecified atom stereocenters. The topological polar surface area (TPSA) is 40.6 Å². The summed E-state index contributed by atoms with van der Waals surface area (Å²) in [6.45, 7) is 9.70. The van der Waals surface area contributed by atoms with Crippen LogP contribution in [0.5, 0.6) is 0 Å². The normalized spacial score (nSPS) is 11.0. The molecule has 0 aliphatic rings. The summed E-state index contributed by atoms with van der Waals surface area (Å²) in [5.74, 6) is -0.0608. The highest BCUT2D eigenvalue weighted by Crippen LogP contribution is 2.20. The van der Waals surface area contributed by atoms with Crippen LogP contribution in [0.4, 0.5) is 4.39 Å². The van der Waals surface area contributed by atoms with Gasteiger partial charge in [-0.25, -0.2) is 4.39 Å². The van der Waals surface area contributed by atoms with Crippen LogP contribution in [-0.4, -0.2) is 34.7 Å². The summed E-state index contributed by atoms with van der Waals surface area (Å²) < 4.78 is 13.3. The van der Waals surface area contributed by atoms with Crippen LogP contribution in [0.15, 0.2) is 35.7 Å². The monoisotopic (exact) mass is 432 g/mol. The molecule has 0 bridgehead atoms. The molecule has 164 valence electrons. The van der Waals surface area contributed by atoms with Gasteiger partial charge in [-0.2, -0.15) is 0 Å². The molecule has 0 saturated heterocycles. The van der Waals surface area contributed by atoms with Crippen LogP contribution in [0.3, 0.4) is 0 Å². The Morgan fingerprint density at radius 3 is 2.30 bits per heavy atom. The number of rotatable bonds is 11. The number of carbonyl (C=O) groups excluding carboxylic acids is 2. The van der Waals surface area contributed by atoms with E-state index in [9.17, 15) is 14.0 Å². The first kappa shape index (κ1) is 24.1. The van der Waals surface area contributed by atoms with E-state index in [1.807, 2.05) is 18.4 Å². The number of carbonyl (C=O) groups is 2. The molecule has 0 atom stereocenters. The van der Waals surface area contributed by atoms with Crippen molar-refractivity contribution in [3.8, 4) is 0 Å². The summed E-state index contributed by atoms with van der Waals surface area (Å²) in [7, 11) is 0. The predicted octanol–water partition coefficient (Wildman–Crippen LogP) is 5.40. The fourth-order valence-corrected chi connectivity index (χ4v) is 4.15. The van der Waals surface area contributed by atoms with E-state index in [1.54, 1.807) is 33.3 Å². The lowest BCUT2D eigenvalue weighted by molar-refractivity contribution is -0.141. The maximum Gasteiger partial charge on any atom is 0.242 e. The average Bonchev–Trinajstić information content (AvgIpc) is 3.10. The number of halogens is 1. The third-order valence-electron chi connectivity index (χ3n) is 4.95. The van der Waals surface area contributed by atoms with Crippen LogP contribution in [-0.2, 0) is 22.7 Å².